The maximum Gasteiger partial charge on any atom is 0.417 e. The van der Waals surface area contributed by atoms with Crippen LogP contribution in [0.1, 0.15) is 21.7 Å². The lowest BCUT2D eigenvalue weighted by Crippen LogP contribution is -2.22. The lowest BCUT2D eigenvalue weighted by Gasteiger charge is -2.09. The first-order chi connectivity index (χ1) is 10.4. The lowest BCUT2D eigenvalue weighted by atomic mass is 10.2. The molecule has 0 saturated carbocycles. The molecule has 2 rings (SSSR count). The number of amides is 1. The average Bonchev–Trinajstić information content (AvgIpc) is 2.52. The highest BCUT2D eigenvalue weighted by molar-refractivity contribution is 5.92. The zero-order valence-electron chi connectivity index (χ0n) is 11.4. The van der Waals surface area contributed by atoms with Gasteiger partial charge in [0, 0.05) is 19.4 Å². The Morgan fingerprint density at radius 1 is 1.23 bits per heavy atom. The fourth-order valence-electron chi connectivity index (χ4n) is 1.50. The van der Waals surface area contributed by atoms with Gasteiger partial charge in [0.15, 0.2) is 0 Å². The van der Waals surface area contributed by atoms with Crippen LogP contribution >= 0.6 is 0 Å². The molecule has 0 atom stereocenters. The van der Waals surface area contributed by atoms with E-state index in [9.17, 15) is 18.0 Å². The fraction of sp³-hybridized carbons (Fsp3) is 0.143. The first-order valence-electron chi connectivity index (χ1n) is 6.14. The van der Waals surface area contributed by atoms with Gasteiger partial charge in [-0.3, -0.25) is 14.8 Å². The van der Waals surface area contributed by atoms with Crippen molar-refractivity contribution in [2.45, 2.75) is 6.18 Å². The molecule has 0 aliphatic heterocycles. The Morgan fingerprint density at radius 3 is 2.55 bits per heavy atom. The SMILES string of the molecule is CN(/N=C/c1ccc(C(F)(F)F)cn1)C(=O)c1ccccn1. The van der Waals surface area contributed by atoms with E-state index in [1.165, 1.54) is 31.6 Å². The lowest BCUT2D eigenvalue weighted by molar-refractivity contribution is -0.137. The molecule has 114 valence electrons. The largest absolute Gasteiger partial charge is 0.417 e. The van der Waals surface area contributed by atoms with Crippen LogP contribution in [0, 0.1) is 0 Å². The highest BCUT2D eigenvalue weighted by Gasteiger charge is 2.30. The van der Waals surface area contributed by atoms with Crippen molar-refractivity contribution in [2.75, 3.05) is 7.05 Å². The van der Waals surface area contributed by atoms with Gasteiger partial charge in [0.1, 0.15) is 5.69 Å². The number of hydrogen-bond acceptors (Lipinski definition) is 4. The van der Waals surface area contributed by atoms with Crippen LogP contribution in [0.15, 0.2) is 47.8 Å². The molecule has 0 bridgehead atoms. The van der Waals surface area contributed by atoms with Crippen molar-refractivity contribution >= 4 is 12.1 Å². The number of aromatic nitrogens is 2. The molecule has 0 fully saturated rings. The third-order valence-corrected chi connectivity index (χ3v) is 2.65. The van der Waals surface area contributed by atoms with Gasteiger partial charge in [-0.25, -0.2) is 5.01 Å². The average molecular weight is 308 g/mol. The van der Waals surface area contributed by atoms with E-state index in [2.05, 4.69) is 15.1 Å². The number of carbonyl (C=O) groups excluding carboxylic acids is 1. The number of alkyl halides is 3. The second kappa shape index (κ2) is 6.33. The van der Waals surface area contributed by atoms with E-state index < -0.39 is 17.6 Å². The number of hydrogen-bond donors (Lipinski definition) is 0. The summed E-state index contributed by atoms with van der Waals surface area (Å²) in [5, 5.41) is 4.87. The monoisotopic (exact) mass is 308 g/mol. The van der Waals surface area contributed by atoms with Crippen molar-refractivity contribution in [3.8, 4) is 0 Å². The van der Waals surface area contributed by atoms with Gasteiger partial charge in [0.05, 0.1) is 17.5 Å². The Morgan fingerprint density at radius 2 is 2.00 bits per heavy atom. The fourth-order valence-corrected chi connectivity index (χ4v) is 1.50. The summed E-state index contributed by atoms with van der Waals surface area (Å²) in [4.78, 5) is 19.4. The standard InChI is InChI=1S/C14H11F3N4O/c1-21(13(22)12-4-2-3-7-18-12)20-9-11-6-5-10(8-19-11)14(15,16)17/h2-9H,1H3/b20-9+. The summed E-state index contributed by atoms with van der Waals surface area (Å²) in [6.07, 6.45) is -1.06. The summed E-state index contributed by atoms with van der Waals surface area (Å²) in [7, 11) is 1.41. The molecule has 22 heavy (non-hydrogen) atoms. The summed E-state index contributed by atoms with van der Waals surface area (Å²) < 4.78 is 37.2. The summed E-state index contributed by atoms with van der Waals surface area (Å²) >= 11 is 0. The highest BCUT2D eigenvalue weighted by Crippen LogP contribution is 2.28. The third kappa shape index (κ3) is 3.87. The molecule has 0 saturated heterocycles. The molecule has 0 radical (unpaired) electrons. The molecular formula is C14H11F3N4O. The quantitative estimate of drug-likeness (QED) is 0.647. The van der Waals surface area contributed by atoms with Crippen molar-refractivity contribution in [1.82, 2.24) is 15.0 Å². The minimum atomic E-state index is -4.44. The van der Waals surface area contributed by atoms with E-state index in [0.717, 1.165) is 11.1 Å². The van der Waals surface area contributed by atoms with Crippen molar-refractivity contribution in [2.24, 2.45) is 5.10 Å². The second-order valence-electron chi connectivity index (χ2n) is 4.26. The maximum atomic E-state index is 12.4. The molecule has 1 amide bonds. The number of carbonyl (C=O) groups is 1. The van der Waals surface area contributed by atoms with Gasteiger partial charge in [-0.1, -0.05) is 6.07 Å². The van der Waals surface area contributed by atoms with E-state index in [-0.39, 0.29) is 11.4 Å². The number of hydrazone groups is 1. The molecule has 0 aromatic carbocycles. The van der Waals surface area contributed by atoms with Gasteiger partial charge in [-0.2, -0.15) is 18.3 Å². The molecule has 0 aliphatic carbocycles. The maximum absolute atomic E-state index is 12.4. The van der Waals surface area contributed by atoms with Crippen LogP contribution in [0.4, 0.5) is 13.2 Å². The topological polar surface area (TPSA) is 58.5 Å². The van der Waals surface area contributed by atoms with Crippen LogP contribution in [0.25, 0.3) is 0 Å². The Bertz CT molecular complexity index is 669. The molecule has 5 nitrogen and oxygen atoms in total. The van der Waals surface area contributed by atoms with Crippen molar-refractivity contribution in [1.29, 1.82) is 0 Å². The van der Waals surface area contributed by atoms with Gasteiger partial charge >= 0.3 is 6.18 Å². The Balaban J connectivity index is 2.07. The van der Waals surface area contributed by atoms with Gasteiger partial charge < -0.3 is 0 Å². The van der Waals surface area contributed by atoms with Crippen LogP contribution in [0.3, 0.4) is 0 Å². The van der Waals surface area contributed by atoms with Gasteiger partial charge in [0.25, 0.3) is 5.91 Å². The minimum absolute atomic E-state index is 0.202. The Labute approximate surface area is 124 Å². The molecule has 0 spiro atoms. The molecule has 2 aromatic heterocycles. The molecule has 0 unspecified atom stereocenters. The number of rotatable bonds is 3. The molecular weight excluding hydrogens is 297 g/mol. The van der Waals surface area contributed by atoms with Crippen molar-refractivity contribution in [3.63, 3.8) is 0 Å². The number of pyridine rings is 2. The highest BCUT2D eigenvalue weighted by atomic mass is 19.4. The van der Waals surface area contributed by atoms with Gasteiger partial charge in [-0.15, -0.1) is 0 Å². The van der Waals surface area contributed by atoms with Crippen LogP contribution in [0.2, 0.25) is 0 Å². The molecule has 0 N–H and O–H groups in total. The Hall–Kier alpha value is -2.77. The van der Waals surface area contributed by atoms with E-state index >= 15 is 0 Å². The zero-order valence-corrected chi connectivity index (χ0v) is 11.4. The van der Waals surface area contributed by atoms with E-state index in [0.29, 0.717) is 6.20 Å². The predicted octanol–water partition coefficient (Wildman–Crippen LogP) is 2.60. The molecule has 2 aromatic rings. The van der Waals surface area contributed by atoms with Crippen molar-refractivity contribution < 1.29 is 18.0 Å². The molecule has 2 heterocycles. The summed E-state index contributed by atoms with van der Waals surface area (Å²) in [6.45, 7) is 0. The second-order valence-corrected chi connectivity index (χ2v) is 4.26. The van der Waals surface area contributed by atoms with Crippen LogP contribution < -0.4 is 0 Å². The third-order valence-electron chi connectivity index (χ3n) is 2.65. The van der Waals surface area contributed by atoms with E-state index in [1.807, 2.05) is 0 Å². The molecule has 8 heteroatoms. The minimum Gasteiger partial charge on any atom is -0.265 e. The van der Waals surface area contributed by atoms with Crippen LogP contribution in [0.5, 0.6) is 0 Å². The van der Waals surface area contributed by atoms with E-state index in [1.54, 1.807) is 12.1 Å². The van der Waals surface area contributed by atoms with Gasteiger partial charge in [-0.05, 0) is 24.3 Å². The van der Waals surface area contributed by atoms with Crippen LogP contribution in [-0.4, -0.2) is 34.1 Å². The summed E-state index contributed by atoms with van der Waals surface area (Å²) in [6, 6.07) is 6.94. The normalized spacial score (nSPS) is 11.6. The Kier molecular flexibility index (Phi) is 4.50. The number of halogens is 3. The smallest absolute Gasteiger partial charge is 0.265 e. The summed E-state index contributed by atoms with van der Waals surface area (Å²) in [5.41, 5.74) is -0.432. The first-order valence-corrected chi connectivity index (χ1v) is 6.14. The predicted molar refractivity (Wildman–Crippen MR) is 73.2 cm³/mol. The van der Waals surface area contributed by atoms with Gasteiger partial charge in [0.2, 0.25) is 0 Å². The van der Waals surface area contributed by atoms with Crippen LogP contribution in [-0.2, 0) is 6.18 Å². The molecule has 0 aliphatic rings. The first kappa shape index (κ1) is 15.6. The van der Waals surface area contributed by atoms with E-state index in [4.69, 9.17) is 0 Å². The zero-order chi connectivity index (χ0) is 16.2. The number of nitrogens with zero attached hydrogens (tertiary/aromatic N) is 4. The summed E-state index contributed by atoms with van der Waals surface area (Å²) in [5.74, 6) is -0.441. The van der Waals surface area contributed by atoms with Crippen molar-refractivity contribution in [3.05, 3.63) is 59.7 Å².